The highest BCUT2D eigenvalue weighted by Gasteiger charge is 2.37. The number of Topliss-reactive ketones (excluding diaryl/α,β-unsaturated/α-hetero) is 1. The first-order chi connectivity index (χ1) is 10.0. The van der Waals surface area contributed by atoms with Crippen LogP contribution >= 0.6 is 0 Å². The van der Waals surface area contributed by atoms with Gasteiger partial charge in [-0.2, -0.15) is 4.74 Å². The van der Waals surface area contributed by atoms with Crippen LogP contribution in [0.2, 0.25) is 0 Å². The third-order valence-corrected chi connectivity index (χ3v) is 3.28. The molecule has 0 unspecified atom stereocenters. The van der Waals surface area contributed by atoms with E-state index in [1.807, 2.05) is 0 Å². The molecule has 1 aliphatic heterocycles. The van der Waals surface area contributed by atoms with Gasteiger partial charge in [0.25, 0.3) is 11.5 Å². The van der Waals surface area contributed by atoms with Gasteiger partial charge in [-0.05, 0) is 30.3 Å². The number of methoxy groups -OCH3 is 1. The molecule has 0 radical (unpaired) electrons. The lowest BCUT2D eigenvalue weighted by molar-refractivity contribution is -0.355. The molecule has 0 atom stereocenters. The minimum atomic E-state index is -1.12. The van der Waals surface area contributed by atoms with Crippen molar-refractivity contribution in [1.82, 2.24) is 0 Å². The average Bonchev–Trinajstić information content (AvgIpc) is 2.73. The molecule has 4 nitrogen and oxygen atoms in total. The topological polar surface area (TPSA) is 52.4 Å². The lowest BCUT2D eigenvalue weighted by atomic mass is 10.0. The SMILES string of the molecule is COc1ccc2c(c1)C(=O)C(c1ccc(F)c(F)c1)=[N+]2[O-]. The molecule has 0 aromatic heterocycles. The lowest BCUT2D eigenvalue weighted by Gasteiger charge is -2.03. The summed E-state index contributed by atoms with van der Waals surface area (Å²) in [6.07, 6.45) is 0. The van der Waals surface area contributed by atoms with Gasteiger partial charge in [0.05, 0.1) is 12.7 Å². The second kappa shape index (κ2) is 4.66. The first kappa shape index (κ1) is 13.2. The van der Waals surface area contributed by atoms with Gasteiger partial charge in [0.1, 0.15) is 11.3 Å². The van der Waals surface area contributed by atoms with E-state index in [1.165, 1.54) is 25.3 Å². The molecule has 0 saturated carbocycles. The van der Waals surface area contributed by atoms with Gasteiger partial charge in [0.2, 0.25) is 5.69 Å². The van der Waals surface area contributed by atoms with E-state index in [0.717, 1.165) is 12.1 Å². The zero-order valence-corrected chi connectivity index (χ0v) is 10.9. The van der Waals surface area contributed by atoms with Crippen LogP contribution in [0.1, 0.15) is 15.9 Å². The van der Waals surface area contributed by atoms with Crippen molar-refractivity contribution < 1.29 is 23.1 Å². The molecule has 0 saturated heterocycles. The summed E-state index contributed by atoms with van der Waals surface area (Å²) < 4.78 is 31.7. The van der Waals surface area contributed by atoms with Gasteiger partial charge in [-0.3, -0.25) is 4.79 Å². The van der Waals surface area contributed by atoms with Crippen LogP contribution in [0, 0.1) is 16.8 Å². The Balaban J connectivity index is 2.15. The molecule has 0 aliphatic carbocycles. The van der Waals surface area contributed by atoms with Crippen molar-refractivity contribution in [1.29, 1.82) is 0 Å². The second-order valence-electron chi connectivity index (χ2n) is 4.48. The smallest absolute Gasteiger partial charge is 0.273 e. The minimum absolute atomic E-state index is 0.0315. The van der Waals surface area contributed by atoms with Crippen molar-refractivity contribution in [3.63, 3.8) is 0 Å². The number of benzene rings is 2. The number of ketones is 1. The monoisotopic (exact) mass is 289 g/mol. The predicted octanol–water partition coefficient (Wildman–Crippen LogP) is 2.80. The first-order valence-corrected chi connectivity index (χ1v) is 6.05. The Morgan fingerprint density at radius 1 is 1.10 bits per heavy atom. The van der Waals surface area contributed by atoms with Gasteiger partial charge in [0, 0.05) is 6.07 Å². The normalized spacial score (nSPS) is 13.6. The van der Waals surface area contributed by atoms with Crippen molar-refractivity contribution in [3.05, 3.63) is 64.4 Å². The van der Waals surface area contributed by atoms with Crippen LogP contribution in [0.5, 0.6) is 5.75 Å². The number of carbonyl (C=O) groups is 1. The number of ether oxygens (including phenoxy) is 1. The third kappa shape index (κ3) is 1.96. The maximum absolute atomic E-state index is 13.3. The van der Waals surface area contributed by atoms with Gasteiger partial charge in [-0.15, -0.1) is 0 Å². The van der Waals surface area contributed by atoms with E-state index >= 15 is 0 Å². The molecule has 2 aromatic carbocycles. The maximum Gasteiger partial charge on any atom is 0.273 e. The number of hydrogen-bond donors (Lipinski definition) is 0. The quantitative estimate of drug-likeness (QED) is 0.631. The fourth-order valence-electron chi connectivity index (χ4n) is 2.23. The Labute approximate surface area is 118 Å². The zero-order valence-electron chi connectivity index (χ0n) is 10.9. The zero-order chi connectivity index (χ0) is 15.1. The fraction of sp³-hybridized carbons (Fsp3) is 0.0667. The molecule has 1 heterocycles. The Morgan fingerprint density at radius 3 is 2.52 bits per heavy atom. The molecular formula is C15H9F2NO3. The highest BCUT2D eigenvalue weighted by molar-refractivity contribution is 6.52. The van der Waals surface area contributed by atoms with E-state index in [0.29, 0.717) is 10.5 Å². The van der Waals surface area contributed by atoms with Crippen LogP contribution in [0.15, 0.2) is 36.4 Å². The molecule has 0 bridgehead atoms. The number of fused-ring (bicyclic) bond motifs is 1. The fourth-order valence-corrected chi connectivity index (χ4v) is 2.23. The van der Waals surface area contributed by atoms with E-state index in [2.05, 4.69) is 0 Å². The number of nitrogens with zero attached hydrogens (tertiary/aromatic N) is 1. The van der Waals surface area contributed by atoms with Crippen molar-refractivity contribution in [2.24, 2.45) is 0 Å². The van der Waals surface area contributed by atoms with Crippen LogP contribution in [-0.4, -0.2) is 23.3 Å². The van der Waals surface area contributed by atoms with Gasteiger partial charge in [-0.1, -0.05) is 0 Å². The van der Waals surface area contributed by atoms with Crippen LogP contribution in [-0.2, 0) is 0 Å². The standard InChI is InChI=1S/C15H9F2NO3/c1-21-9-3-5-13-10(7-9)15(19)14(18(13)20)8-2-4-11(16)12(17)6-8/h2-7H,1H3. The van der Waals surface area contributed by atoms with E-state index in [-0.39, 0.29) is 22.5 Å². The molecule has 0 spiro atoms. The van der Waals surface area contributed by atoms with Gasteiger partial charge >= 0.3 is 0 Å². The molecule has 21 heavy (non-hydrogen) atoms. The van der Waals surface area contributed by atoms with Crippen LogP contribution in [0.25, 0.3) is 0 Å². The molecule has 2 aromatic rings. The summed E-state index contributed by atoms with van der Waals surface area (Å²) in [4.78, 5) is 12.3. The molecule has 0 N–H and O–H groups in total. The summed E-state index contributed by atoms with van der Waals surface area (Å²) in [6, 6.07) is 7.34. The van der Waals surface area contributed by atoms with E-state index in [1.54, 1.807) is 6.07 Å². The average molecular weight is 289 g/mol. The van der Waals surface area contributed by atoms with E-state index in [4.69, 9.17) is 4.74 Å². The molecule has 6 heteroatoms. The third-order valence-electron chi connectivity index (χ3n) is 3.28. The number of halogens is 2. The number of rotatable bonds is 2. The summed E-state index contributed by atoms with van der Waals surface area (Å²) in [5.41, 5.74) is 0.117. The summed E-state index contributed by atoms with van der Waals surface area (Å²) in [6.45, 7) is 0. The largest absolute Gasteiger partial charge is 0.618 e. The Morgan fingerprint density at radius 2 is 1.86 bits per heavy atom. The van der Waals surface area contributed by atoms with Crippen molar-refractivity contribution in [3.8, 4) is 5.75 Å². The lowest BCUT2D eigenvalue weighted by Crippen LogP contribution is -2.17. The van der Waals surface area contributed by atoms with Gasteiger partial charge < -0.3 is 9.94 Å². The number of carbonyl (C=O) groups excluding carboxylic acids is 1. The van der Waals surface area contributed by atoms with Crippen LogP contribution in [0.4, 0.5) is 14.5 Å². The van der Waals surface area contributed by atoms with Crippen molar-refractivity contribution in [2.75, 3.05) is 7.11 Å². The van der Waals surface area contributed by atoms with Crippen LogP contribution < -0.4 is 4.74 Å². The highest BCUT2D eigenvalue weighted by atomic mass is 19.2. The Hall–Kier alpha value is -2.76. The molecule has 3 rings (SSSR count). The maximum atomic E-state index is 13.3. The summed E-state index contributed by atoms with van der Waals surface area (Å²) in [5.74, 6) is -2.27. The molecule has 0 fully saturated rings. The van der Waals surface area contributed by atoms with Crippen molar-refractivity contribution in [2.45, 2.75) is 0 Å². The first-order valence-electron chi connectivity index (χ1n) is 6.05. The van der Waals surface area contributed by atoms with Crippen molar-refractivity contribution >= 4 is 17.2 Å². The summed E-state index contributed by atoms with van der Waals surface area (Å²) >= 11 is 0. The second-order valence-corrected chi connectivity index (χ2v) is 4.48. The van der Waals surface area contributed by atoms with Crippen LogP contribution in [0.3, 0.4) is 0 Å². The Bertz CT molecular complexity index is 800. The summed E-state index contributed by atoms with van der Waals surface area (Å²) in [7, 11) is 1.44. The molecule has 1 aliphatic rings. The van der Waals surface area contributed by atoms with E-state index < -0.39 is 17.4 Å². The minimum Gasteiger partial charge on any atom is -0.618 e. The molecular weight excluding hydrogens is 280 g/mol. The summed E-state index contributed by atoms with van der Waals surface area (Å²) in [5, 5.41) is 12.2. The Kier molecular flexibility index (Phi) is 2.94. The predicted molar refractivity (Wildman–Crippen MR) is 71.1 cm³/mol. The highest BCUT2D eigenvalue weighted by Crippen LogP contribution is 2.31. The molecule has 106 valence electrons. The van der Waals surface area contributed by atoms with Gasteiger partial charge in [0.15, 0.2) is 11.6 Å². The van der Waals surface area contributed by atoms with Gasteiger partial charge in [-0.25, -0.2) is 8.78 Å². The van der Waals surface area contributed by atoms with E-state index in [9.17, 15) is 18.8 Å². The number of hydrogen-bond acceptors (Lipinski definition) is 3. The molecule has 0 amide bonds.